The highest BCUT2D eigenvalue weighted by atomic mass is 16.7. The van der Waals surface area contributed by atoms with Crippen LogP contribution in [0.1, 0.15) is 24.9 Å². The number of carbonyl (C=O) groups excluding carboxylic acids is 3. The lowest BCUT2D eigenvalue weighted by Gasteiger charge is -2.25. The molecule has 0 bridgehead atoms. The number of benzene rings is 2. The Bertz CT molecular complexity index is 961. The Balaban J connectivity index is 1.28. The molecule has 8 nitrogen and oxygen atoms in total. The van der Waals surface area contributed by atoms with E-state index in [0.717, 1.165) is 5.56 Å². The van der Waals surface area contributed by atoms with Crippen LogP contribution in [0.25, 0.3) is 0 Å². The minimum absolute atomic E-state index is 0.0831. The summed E-state index contributed by atoms with van der Waals surface area (Å²) in [6.07, 6.45) is 0.0831. The Morgan fingerprint density at radius 2 is 1.93 bits per heavy atom. The summed E-state index contributed by atoms with van der Waals surface area (Å²) in [5.74, 6) is -0.547. The van der Waals surface area contributed by atoms with Gasteiger partial charge in [-0.3, -0.25) is 14.4 Å². The van der Waals surface area contributed by atoms with Crippen LogP contribution < -0.4 is 14.8 Å². The smallest absolute Gasteiger partial charge is 0.311 e. The highest BCUT2D eigenvalue weighted by Crippen LogP contribution is 2.34. The summed E-state index contributed by atoms with van der Waals surface area (Å²) in [6, 6.07) is 14.5. The fourth-order valence-corrected chi connectivity index (χ4v) is 3.60. The van der Waals surface area contributed by atoms with Gasteiger partial charge >= 0.3 is 5.97 Å². The van der Waals surface area contributed by atoms with E-state index < -0.39 is 24.4 Å². The number of nitrogens with zero attached hydrogens (tertiary/aromatic N) is 1. The van der Waals surface area contributed by atoms with Crippen molar-refractivity contribution in [2.75, 3.05) is 25.3 Å². The van der Waals surface area contributed by atoms with Crippen LogP contribution in [0.15, 0.2) is 48.5 Å². The SMILES string of the molecule is C[C@H](c1ccccc1)N1C[C@@H](C(=O)OCC(=O)Nc2ccc3c(c2)OCO3)CC1=O. The molecule has 0 radical (unpaired) electrons. The molecule has 2 aromatic rings. The monoisotopic (exact) mass is 410 g/mol. The molecule has 2 aromatic carbocycles. The van der Waals surface area contributed by atoms with Crippen LogP contribution in [0.5, 0.6) is 11.5 Å². The molecular weight excluding hydrogens is 388 g/mol. The summed E-state index contributed by atoms with van der Waals surface area (Å²) in [5.41, 5.74) is 1.52. The molecule has 2 atom stereocenters. The molecule has 0 aromatic heterocycles. The molecule has 1 fully saturated rings. The van der Waals surface area contributed by atoms with Crippen LogP contribution in [-0.2, 0) is 19.1 Å². The van der Waals surface area contributed by atoms with Gasteiger partial charge in [-0.15, -0.1) is 0 Å². The van der Waals surface area contributed by atoms with Gasteiger partial charge in [0.25, 0.3) is 5.91 Å². The second kappa shape index (κ2) is 8.44. The predicted octanol–water partition coefficient (Wildman–Crippen LogP) is 2.51. The molecule has 0 unspecified atom stereocenters. The van der Waals surface area contributed by atoms with Crippen LogP contribution in [-0.4, -0.2) is 42.6 Å². The van der Waals surface area contributed by atoms with Gasteiger partial charge < -0.3 is 24.4 Å². The second-order valence-corrected chi connectivity index (χ2v) is 7.26. The van der Waals surface area contributed by atoms with Crippen molar-refractivity contribution in [3.63, 3.8) is 0 Å². The van der Waals surface area contributed by atoms with Gasteiger partial charge in [0.2, 0.25) is 12.7 Å². The van der Waals surface area contributed by atoms with Crippen molar-refractivity contribution in [1.82, 2.24) is 4.90 Å². The first-order valence-corrected chi connectivity index (χ1v) is 9.72. The molecule has 2 amide bonds. The number of esters is 1. The van der Waals surface area contributed by atoms with Gasteiger partial charge in [0.1, 0.15) is 0 Å². The first kappa shape index (κ1) is 19.8. The minimum atomic E-state index is -0.581. The van der Waals surface area contributed by atoms with Gasteiger partial charge in [-0.05, 0) is 24.6 Å². The van der Waals surface area contributed by atoms with Gasteiger partial charge in [-0.25, -0.2) is 0 Å². The van der Waals surface area contributed by atoms with E-state index in [1.165, 1.54) is 0 Å². The second-order valence-electron chi connectivity index (χ2n) is 7.26. The molecule has 2 aliphatic heterocycles. The summed E-state index contributed by atoms with van der Waals surface area (Å²) >= 11 is 0. The highest BCUT2D eigenvalue weighted by molar-refractivity contribution is 5.94. The zero-order chi connectivity index (χ0) is 21.1. The Morgan fingerprint density at radius 1 is 1.17 bits per heavy atom. The number of carbonyl (C=O) groups is 3. The van der Waals surface area contributed by atoms with Crippen LogP contribution in [0.4, 0.5) is 5.69 Å². The topological polar surface area (TPSA) is 94.2 Å². The third-order valence-corrected chi connectivity index (χ3v) is 5.24. The number of fused-ring (bicyclic) bond motifs is 1. The molecule has 2 heterocycles. The molecule has 1 saturated heterocycles. The maximum Gasteiger partial charge on any atom is 0.311 e. The number of nitrogens with one attached hydrogen (secondary N) is 1. The quantitative estimate of drug-likeness (QED) is 0.736. The number of ether oxygens (including phenoxy) is 3. The Labute approximate surface area is 173 Å². The molecule has 4 rings (SSSR count). The number of hydrogen-bond acceptors (Lipinski definition) is 6. The summed E-state index contributed by atoms with van der Waals surface area (Å²) in [7, 11) is 0. The summed E-state index contributed by atoms with van der Waals surface area (Å²) in [4.78, 5) is 38.6. The van der Waals surface area contributed by atoms with E-state index in [9.17, 15) is 14.4 Å². The average molecular weight is 410 g/mol. The number of rotatable bonds is 6. The first-order valence-electron chi connectivity index (χ1n) is 9.72. The lowest BCUT2D eigenvalue weighted by atomic mass is 10.1. The molecule has 0 spiro atoms. The van der Waals surface area contributed by atoms with E-state index in [1.807, 2.05) is 37.3 Å². The lowest BCUT2D eigenvalue weighted by molar-refractivity contribution is -0.151. The fourth-order valence-electron chi connectivity index (χ4n) is 3.60. The van der Waals surface area contributed by atoms with Crippen molar-refractivity contribution in [3.05, 3.63) is 54.1 Å². The van der Waals surface area contributed by atoms with Crippen LogP contribution >= 0.6 is 0 Å². The van der Waals surface area contributed by atoms with E-state index in [1.54, 1.807) is 23.1 Å². The van der Waals surface area contributed by atoms with Crippen LogP contribution in [0.2, 0.25) is 0 Å². The van der Waals surface area contributed by atoms with Crippen molar-refractivity contribution >= 4 is 23.5 Å². The van der Waals surface area contributed by atoms with Crippen molar-refractivity contribution in [3.8, 4) is 11.5 Å². The first-order chi connectivity index (χ1) is 14.5. The van der Waals surface area contributed by atoms with Gasteiger partial charge in [-0.2, -0.15) is 0 Å². The van der Waals surface area contributed by atoms with Gasteiger partial charge in [0.15, 0.2) is 18.1 Å². The van der Waals surface area contributed by atoms with E-state index in [0.29, 0.717) is 17.2 Å². The third-order valence-electron chi connectivity index (χ3n) is 5.24. The van der Waals surface area contributed by atoms with E-state index in [4.69, 9.17) is 14.2 Å². The third kappa shape index (κ3) is 4.22. The van der Waals surface area contributed by atoms with Gasteiger partial charge in [-0.1, -0.05) is 30.3 Å². The molecule has 2 aliphatic rings. The van der Waals surface area contributed by atoms with Gasteiger partial charge in [0, 0.05) is 24.7 Å². The summed E-state index contributed by atoms with van der Waals surface area (Å²) in [6.45, 7) is 1.92. The highest BCUT2D eigenvalue weighted by Gasteiger charge is 2.38. The van der Waals surface area contributed by atoms with Crippen molar-refractivity contribution in [1.29, 1.82) is 0 Å². The van der Waals surface area contributed by atoms with E-state index in [2.05, 4.69) is 5.32 Å². The molecule has 8 heteroatoms. The molecule has 1 N–H and O–H groups in total. The Hall–Kier alpha value is -3.55. The van der Waals surface area contributed by atoms with Crippen LogP contribution in [0, 0.1) is 5.92 Å². The molecule has 30 heavy (non-hydrogen) atoms. The molecule has 0 saturated carbocycles. The standard InChI is InChI=1S/C22H22N2O6/c1-14(15-5-3-2-4-6-15)24-11-16(9-21(24)26)22(27)28-12-20(25)23-17-7-8-18-19(10-17)30-13-29-18/h2-8,10,14,16H,9,11-13H2,1H3,(H,23,25)/t14-,16+/m1/s1. The Morgan fingerprint density at radius 3 is 2.73 bits per heavy atom. The predicted molar refractivity (Wildman–Crippen MR) is 107 cm³/mol. The normalized spacial score (nSPS) is 18.2. The average Bonchev–Trinajstić information content (AvgIpc) is 3.38. The van der Waals surface area contributed by atoms with Crippen LogP contribution in [0.3, 0.4) is 0 Å². The van der Waals surface area contributed by atoms with E-state index in [-0.39, 0.29) is 31.7 Å². The van der Waals surface area contributed by atoms with Crippen molar-refractivity contribution < 1.29 is 28.6 Å². The fraction of sp³-hybridized carbons (Fsp3) is 0.318. The number of hydrogen-bond donors (Lipinski definition) is 1. The number of amides is 2. The largest absolute Gasteiger partial charge is 0.455 e. The van der Waals surface area contributed by atoms with E-state index >= 15 is 0 Å². The lowest BCUT2D eigenvalue weighted by Crippen LogP contribution is -2.30. The molecule has 0 aliphatic carbocycles. The molecular formula is C22H22N2O6. The molecule has 156 valence electrons. The number of anilines is 1. The maximum absolute atomic E-state index is 12.4. The zero-order valence-electron chi connectivity index (χ0n) is 16.5. The van der Waals surface area contributed by atoms with Gasteiger partial charge in [0.05, 0.1) is 12.0 Å². The van der Waals surface area contributed by atoms with Crippen molar-refractivity contribution in [2.45, 2.75) is 19.4 Å². The summed E-state index contributed by atoms with van der Waals surface area (Å²) < 4.78 is 15.6. The minimum Gasteiger partial charge on any atom is -0.455 e. The summed E-state index contributed by atoms with van der Waals surface area (Å²) in [5, 5.41) is 2.65. The number of likely N-dealkylation sites (tertiary alicyclic amines) is 1. The van der Waals surface area contributed by atoms with Crippen molar-refractivity contribution in [2.24, 2.45) is 5.92 Å². The maximum atomic E-state index is 12.4. The zero-order valence-corrected chi connectivity index (χ0v) is 16.5. The Kier molecular flexibility index (Phi) is 5.56.